The molecular weight excluding hydrogens is 226 g/mol. The summed E-state index contributed by atoms with van der Waals surface area (Å²) < 4.78 is 13.4. The third-order valence-electron chi connectivity index (χ3n) is 2.06. The Labute approximate surface area is 90.1 Å². The fraction of sp³-hybridized carbons (Fsp3) is 0.111. The van der Waals surface area contributed by atoms with E-state index in [-0.39, 0.29) is 12.4 Å². The fourth-order valence-electron chi connectivity index (χ4n) is 1.36. The highest BCUT2D eigenvalue weighted by Crippen LogP contribution is 2.25. The lowest BCUT2D eigenvalue weighted by Crippen LogP contribution is -2.00. The van der Waals surface area contributed by atoms with Crippen LogP contribution < -0.4 is 4.84 Å². The van der Waals surface area contributed by atoms with Crippen molar-refractivity contribution in [2.75, 3.05) is 0 Å². The first-order valence-electron chi connectivity index (χ1n) is 4.01. The number of H-pyrrole nitrogens is 1. The maximum atomic E-state index is 13.4. The van der Waals surface area contributed by atoms with Gasteiger partial charge in [0.05, 0.1) is 5.02 Å². The molecule has 0 amide bonds. The van der Waals surface area contributed by atoms with Crippen LogP contribution in [0.15, 0.2) is 18.3 Å². The molecule has 0 unspecified atom stereocenters. The third kappa shape index (κ3) is 1.59. The van der Waals surface area contributed by atoms with E-state index >= 15 is 0 Å². The number of hydrogen-bond acceptors (Lipinski definition) is 1. The van der Waals surface area contributed by atoms with Gasteiger partial charge in [0.2, 0.25) is 0 Å². The second kappa shape index (κ2) is 3.77. The summed E-state index contributed by atoms with van der Waals surface area (Å²) in [6.45, 7) is 0.269. The van der Waals surface area contributed by atoms with Gasteiger partial charge in [0.1, 0.15) is 5.82 Å². The van der Waals surface area contributed by atoms with Crippen LogP contribution in [0.25, 0.3) is 10.9 Å². The smallest absolute Gasteiger partial charge is 0.129 e. The zero-order chi connectivity index (χ0) is 10.1. The molecule has 2 rings (SSSR count). The summed E-state index contributed by atoms with van der Waals surface area (Å²) in [5, 5.41) is 1.38. The SMILES string of the molecule is Fc1cc2[nH]cc(Cl)c2cc1CNCl. The van der Waals surface area contributed by atoms with Crippen molar-refractivity contribution < 1.29 is 4.39 Å². The lowest BCUT2D eigenvalue weighted by molar-refractivity contribution is 0.609. The van der Waals surface area contributed by atoms with Crippen LogP contribution in [0.5, 0.6) is 0 Å². The van der Waals surface area contributed by atoms with Gasteiger partial charge in [-0.25, -0.2) is 9.23 Å². The van der Waals surface area contributed by atoms with E-state index in [1.807, 2.05) is 0 Å². The van der Waals surface area contributed by atoms with E-state index in [2.05, 4.69) is 9.82 Å². The van der Waals surface area contributed by atoms with Crippen molar-refractivity contribution in [2.45, 2.75) is 6.54 Å². The predicted octanol–water partition coefficient (Wildman–Crippen LogP) is 3.20. The summed E-state index contributed by atoms with van der Waals surface area (Å²) in [5.74, 6) is -0.302. The Morgan fingerprint density at radius 3 is 2.93 bits per heavy atom. The van der Waals surface area contributed by atoms with Crippen LogP contribution in [-0.4, -0.2) is 4.98 Å². The van der Waals surface area contributed by atoms with Crippen molar-refractivity contribution in [3.63, 3.8) is 0 Å². The van der Waals surface area contributed by atoms with Crippen molar-refractivity contribution in [1.29, 1.82) is 0 Å². The molecule has 0 atom stereocenters. The van der Waals surface area contributed by atoms with Gasteiger partial charge in [0, 0.05) is 29.2 Å². The summed E-state index contributed by atoms with van der Waals surface area (Å²) in [6, 6.07) is 3.09. The minimum atomic E-state index is -0.302. The van der Waals surface area contributed by atoms with Crippen molar-refractivity contribution in [3.05, 3.63) is 34.7 Å². The van der Waals surface area contributed by atoms with Crippen LogP contribution in [0.3, 0.4) is 0 Å². The molecule has 5 heteroatoms. The number of aromatic nitrogens is 1. The normalized spacial score (nSPS) is 11.1. The molecule has 0 bridgehead atoms. The number of aromatic amines is 1. The summed E-state index contributed by atoms with van der Waals surface area (Å²) >= 11 is 11.2. The highest BCUT2D eigenvalue weighted by molar-refractivity contribution is 6.35. The van der Waals surface area contributed by atoms with Gasteiger partial charge in [-0.05, 0) is 23.9 Å². The number of halogens is 3. The molecule has 0 aliphatic carbocycles. The van der Waals surface area contributed by atoms with Gasteiger partial charge in [-0.3, -0.25) is 0 Å². The van der Waals surface area contributed by atoms with Gasteiger partial charge in [-0.2, -0.15) is 0 Å². The summed E-state index contributed by atoms with van der Waals surface area (Å²) in [7, 11) is 0. The topological polar surface area (TPSA) is 27.8 Å². The molecule has 2 N–H and O–H groups in total. The van der Waals surface area contributed by atoms with Gasteiger partial charge >= 0.3 is 0 Å². The number of rotatable bonds is 2. The second-order valence-electron chi connectivity index (χ2n) is 2.94. The first-order chi connectivity index (χ1) is 6.72. The minimum Gasteiger partial charge on any atom is -0.360 e. The summed E-state index contributed by atoms with van der Waals surface area (Å²) in [6.07, 6.45) is 1.63. The molecule has 0 aliphatic rings. The lowest BCUT2D eigenvalue weighted by atomic mass is 10.1. The van der Waals surface area contributed by atoms with E-state index in [0.29, 0.717) is 16.1 Å². The van der Waals surface area contributed by atoms with E-state index < -0.39 is 0 Å². The van der Waals surface area contributed by atoms with E-state index in [1.54, 1.807) is 12.3 Å². The van der Waals surface area contributed by atoms with Crippen LogP contribution in [-0.2, 0) is 6.54 Å². The van der Waals surface area contributed by atoms with Crippen LogP contribution in [0.4, 0.5) is 4.39 Å². The van der Waals surface area contributed by atoms with E-state index in [1.165, 1.54) is 6.07 Å². The third-order valence-corrected chi connectivity index (χ3v) is 2.50. The fourth-order valence-corrected chi connectivity index (χ4v) is 1.72. The first-order valence-corrected chi connectivity index (χ1v) is 4.76. The molecule has 14 heavy (non-hydrogen) atoms. The average Bonchev–Trinajstić information content (AvgIpc) is 2.49. The largest absolute Gasteiger partial charge is 0.360 e. The number of fused-ring (bicyclic) bond motifs is 1. The van der Waals surface area contributed by atoms with Gasteiger partial charge in [-0.1, -0.05) is 11.6 Å². The zero-order valence-corrected chi connectivity index (χ0v) is 8.58. The highest BCUT2D eigenvalue weighted by atomic mass is 35.5. The Kier molecular flexibility index (Phi) is 2.63. The lowest BCUT2D eigenvalue weighted by Gasteiger charge is -2.01. The molecule has 0 fully saturated rings. The molecule has 0 spiro atoms. The molecule has 1 aromatic heterocycles. The van der Waals surface area contributed by atoms with Gasteiger partial charge in [-0.15, -0.1) is 0 Å². The van der Waals surface area contributed by atoms with Gasteiger partial charge in [0.25, 0.3) is 0 Å². The highest BCUT2D eigenvalue weighted by Gasteiger charge is 2.07. The molecule has 0 saturated heterocycles. The monoisotopic (exact) mass is 232 g/mol. The van der Waals surface area contributed by atoms with Crippen molar-refractivity contribution in [1.82, 2.24) is 9.82 Å². The van der Waals surface area contributed by atoms with Crippen molar-refractivity contribution in [3.8, 4) is 0 Å². The molecule has 0 radical (unpaired) electrons. The van der Waals surface area contributed by atoms with Crippen molar-refractivity contribution >= 4 is 34.3 Å². The zero-order valence-electron chi connectivity index (χ0n) is 7.07. The average molecular weight is 233 g/mol. The van der Waals surface area contributed by atoms with Gasteiger partial charge in [0.15, 0.2) is 0 Å². The number of nitrogens with one attached hydrogen (secondary N) is 2. The molecule has 0 aliphatic heterocycles. The second-order valence-corrected chi connectivity index (χ2v) is 3.61. The molecule has 2 aromatic rings. The van der Waals surface area contributed by atoms with E-state index in [9.17, 15) is 4.39 Å². The van der Waals surface area contributed by atoms with Crippen molar-refractivity contribution in [2.24, 2.45) is 0 Å². The van der Waals surface area contributed by atoms with Crippen LogP contribution in [0, 0.1) is 5.82 Å². The number of benzene rings is 1. The maximum absolute atomic E-state index is 13.4. The Morgan fingerprint density at radius 2 is 2.21 bits per heavy atom. The Balaban J connectivity index is 2.61. The molecular formula is C9H7Cl2FN2. The summed E-state index contributed by atoms with van der Waals surface area (Å²) in [4.78, 5) is 5.25. The quantitative estimate of drug-likeness (QED) is 0.766. The molecule has 74 valence electrons. The summed E-state index contributed by atoms with van der Waals surface area (Å²) in [5.41, 5.74) is 1.18. The Hall–Kier alpha value is -0.770. The maximum Gasteiger partial charge on any atom is 0.129 e. The first kappa shape index (κ1) is 9.77. The van der Waals surface area contributed by atoms with E-state index in [4.69, 9.17) is 23.4 Å². The van der Waals surface area contributed by atoms with Gasteiger partial charge < -0.3 is 4.98 Å². The Bertz CT molecular complexity index is 467. The molecule has 1 heterocycles. The molecule has 1 aromatic carbocycles. The molecule has 2 nitrogen and oxygen atoms in total. The predicted molar refractivity (Wildman–Crippen MR) is 56.0 cm³/mol. The standard InChI is InChI=1S/C9H7Cl2FN2/c10-7-4-13-9-2-8(12)5(3-14-11)1-6(7)9/h1-2,4,13-14H,3H2. The van der Waals surface area contributed by atoms with Crippen LogP contribution >= 0.6 is 23.4 Å². The van der Waals surface area contributed by atoms with Crippen LogP contribution in [0.2, 0.25) is 5.02 Å². The number of hydrogen-bond donors (Lipinski definition) is 2. The van der Waals surface area contributed by atoms with Crippen LogP contribution in [0.1, 0.15) is 5.56 Å². The molecule has 0 saturated carbocycles. The Morgan fingerprint density at radius 1 is 1.43 bits per heavy atom. The van der Waals surface area contributed by atoms with E-state index in [0.717, 1.165) is 5.39 Å². The minimum absolute atomic E-state index is 0.269.